The van der Waals surface area contributed by atoms with E-state index in [0.29, 0.717) is 24.5 Å². The molecule has 0 bridgehead atoms. The first-order valence-corrected chi connectivity index (χ1v) is 10.2. The van der Waals surface area contributed by atoms with Crippen molar-refractivity contribution in [3.05, 3.63) is 66.4 Å². The maximum Gasteiger partial charge on any atom is 0.274 e. The molecule has 3 rings (SSSR count). The van der Waals surface area contributed by atoms with Crippen molar-refractivity contribution in [3.8, 4) is 0 Å². The van der Waals surface area contributed by atoms with Gasteiger partial charge in [0.05, 0.1) is 10.4 Å². The monoisotopic (exact) mass is 383 g/mol. The van der Waals surface area contributed by atoms with Crippen LogP contribution in [0.1, 0.15) is 24.3 Å². The molecule has 2 aromatic carbocycles. The number of rotatable bonds is 6. The molecule has 140 valence electrons. The van der Waals surface area contributed by atoms with Crippen molar-refractivity contribution in [2.45, 2.75) is 18.7 Å². The molecule has 0 aliphatic heterocycles. The van der Waals surface area contributed by atoms with E-state index in [9.17, 15) is 13.2 Å². The minimum Gasteiger partial charge on any atom is -0.321 e. The molecule has 6 nitrogen and oxygen atoms in total. The number of anilines is 1. The van der Waals surface area contributed by atoms with Crippen molar-refractivity contribution in [2.24, 2.45) is 0 Å². The fraction of sp³-hybridized carbons (Fsp3) is 0.200. The second kappa shape index (κ2) is 7.85. The first kappa shape index (κ1) is 19.0. The Morgan fingerprint density at radius 2 is 1.63 bits per heavy atom. The summed E-state index contributed by atoms with van der Waals surface area (Å²) in [5.74, 6) is -0.347. The first-order chi connectivity index (χ1) is 13.0. The summed E-state index contributed by atoms with van der Waals surface area (Å²) in [6.07, 6.45) is 0. The molecule has 3 aromatic rings. The molecule has 0 saturated heterocycles. The number of benzene rings is 2. The zero-order valence-electron chi connectivity index (χ0n) is 15.2. The predicted octanol–water partition coefficient (Wildman–Crippen LogP) is 3.52. The lowest BCUT2D eigenvalue weighted by Gasteiger charge is -2.18. The normalized spacial score (nSPS) is 11.7. The predicted molar refractivity (Wildman–Crippen MR) is 106 cm³/mol. The highest BCUT2D eigenvalue weighted by molar-refractivity contribution is 7.89. The zero-order chi connectivity index (χ0) is 19.4. The molecule has 0 radical (unpaired) electrons. The highest BCUT2D eigenvalue weighted by Crippen LogP contribution is 2.19. The number of sulfonamides is 1. The van der Waals surface area contributed by atoms with Gasteiger partial charge in [-0.3, -0.25) is 4.79 Å². The van der Waals surface area contributed by atoms with Gasteiger partial charge in [-0.1, -0.05) is 38.1 Å². The summed E-state index contributed by atoms with van der Waals surface area (Å²) in [5, 5.41) is 3.71. The van der Waals surface area contributed by atoms with Crippen LogP contribution in [0.5, 0.6) is 0 Å². The third-order valence-corrected chi connectivity index (χ3v) is 6.35. The Labute approximate surface area is 158 Å². The molecule has 1 heterocycles. The number of carbonyl (C=O) groups excluding carboxylic acids is 1. The Kier molecular flexibility index (Phi) is 5.53. The molecule has 0 aliphatic rings. The Bertz CT molecular complexity index is 1060. The van der Waals surface area contributed by atoms with E-state index in [1.165, 1.54) is 16.4 Å². The summed E-state index contributed by atoms with van der Waals surface area (Å²) in [6.45, 7) is 4.41. The maximum atomic E-state index is 12.5. The SMILES string of the molecule is CCN(CC)S(=O)(=O)c1ccc(NC(=O)c2ccc3ccccc3n2)cc1. The van der Waals surface area contributed by atoms with Crippen LogP contribution in [0.3, 0.4) is 0 Å². The van der Waals surface area contributed by atoms with Crippen LogP contribution < -0.4 is 5.32 Å². The van der Waals surface area contributed by atoms with Gasteiger partial charge in [-0.2, -0.15) is 4.31 Å². The van der Waals surface area contributed by atoms with Crippen LogP contribution in [0.25, 0.3) is 10.9 Å². The van der Waals surface area contributed by atoms with Crippen LogP contribution in [0.4, 0.5) is 5.69 Å². The molecule has 7 heteroatoms. The molecule has 0 unspecified atom stereocenters. The summed E-state index contributed by atoms with van der Waals surface area (Å²) in [4.78, 5) is 17.0. The summed E-state index contributed by atoms with van der Waals surface area (Å²) in [5.41, 5.74) is 1.55. The second-order valence-corrected chi connectivity index (χ2v) is 7.89. The molecule has 27 heavy (non-hydrogen) atoms. The molecule has 1 aromatic heterocycles. The van der Waals surface area contributed by atoms with E-state index in [2.05, 4.69) is 10.3 Å². The van der Waals surface area contributed by atoms with Gasteiger partial charge < -0.3 is 5.32 Å². The van der Waals surface area contributed by atoms with Crippen molar-refractivity contribution in [3.63, 3.8) is 0 Å². The number of aromatic nitrogens is 1. The van der Waals surface area contributed by atoms with Gasteiger partial charge in [0, 0.05) is 24.2 Å². The van der Waals surface area contributed by atoms with Crippen molar-refractivity contribution < 1.29 is 13.2 Å². The van der Waals surface area contributed by atoms with Crippen LogP contribution in [0.15, 0.2) is 65.6 Å². The molecule has 0 atom stereocenters. The van der Waals surface area contributed by atoms with Crippen molar-refractivity contribution in [1.29, 1.82) is 0 Å². The van der Waals surface area contributed by atoms with Gasteiger partial charge in [0.15, 0.2) is 0 Å². The highest BCUT2D eigenvalue weighted by Gasteiger charge is 2.21. The van der Waals surface area contributed by atoms with E-state index in [-0.39, 0.29) is 10.8 Å². The fourth-order valence-electron chi connectivity index (χ4n) is 2.81. The van der Waals surface area contributed by atoms with Crippen LogP contribution >= 0.6 is 0 Å². The third kappa shape index (κ3) is 3.99. The number of para-hydroxylation sites is 1. The average Bonchev–Trinajstić information content (AvgIpc) is 2.68. The van der Waals surface area contributed by atoms with E-state index in [0.717, 1.165) is 10.9 Å². The largest absolute Gasteiger partial charge is 0.321 e. The Hall–Kier alpha value is -2.77. The van der Waals surface area contributed by atoms with Crippen LogP contribution in [0.2, 0.25) is 0 Å². The molecule has 1 N–H and O–H groups in total. The quantitative estimate of drug-likeness (QED) is 0.706. The summed E-state index contributed by atoms with van der Waals surface area (Å²) in [6, 6.07) is 17.2. The summed E-state index contributed by atoms with van der Waals surface area (Å²) < 4.78 is 26.4. The van der Waals surface area contributed by atoms with Gasteiger partial charge in [0.1, 0.15) is 5.69 Å². The smallest absolute Gasteiger partial charge is 0.274 e. The number of nitrogens with one attached hydrogen (secondary N) is 1. The fourth-order valence-corrected chi connectivity index (χ4v) is 4.27. The third-order valence-electron chi connectivity index (χ3n) is 4.29. The molecular formula is C20H21N3O3S. The molecule has 0 spiro atoms. The van der Waals surface area contributed by atoms with E-state index in [4.69, 9.17) is 0 Å². The molecular weight excluding hydrogens is 362 g/mol. The van der Waals surface area contributed by atoms with Crippen LogP contribution in [-0.2, 0) is 10.0 Å². The van der Waals surface area contributed by atoms with Gasteiger partial charge in [-0.05, 0) is 36.4 Å². The lowest BCUT2D eigenvalue weighted by atomic mass is 10.2. The van der Waals surface area contributed by atoms with Gasteiger partial charge in [-0.15, -0.1) is 0 Å². The minimum absolute atomic E-state index is 0.202. The Balaban J connectivity index is 1.78. The topological polar surface area (TPSA) is 79.4 Å². The number of hydrogen-bond donors (Lipinski definition) is 1. The van der Waals surface area contributed by atoms with Crippen LogP contribution in [-0.4, -0.2) is 36.7 Å². The van der Waals surface area contributed by atoms with Crippen molar-refractivity contribution >= 4 is 32.5 Å². The van der Waals surface area contributed by atoms with E-state index >= 15 is 0 Å². The number of carbonyl (C=O) groups is 1. The van der Waals surface area contributed by atoms with Gasteiger partial charge in [0.25, 0.3) is 5.91 Å². The standard InChI is InChI=1S/C20H21N3O3S/c1-3-23(4-2)27(25,26)17-12-10-16(11-13-17)21-20(24)19-14-9-15-7-5-6-8-18(15)22-19/h5-14H,3-4H2,1-2H3,(H,21,24). The lowest BCUT2D eigenvalue weighted by molar-refractivity contribution is 0.102. The molecule has 0 fully saturated rings. The minimum atomic E-state index is -3.51. The lowest BCUT2D eigenvalue weighted by Crippen LogP contribution is -2.30. The average molecular weight is 383 g/mol. The molecule has 1 amide bonds. The first-order valence-electron chi connectivity index (χ1n) is 8.73. The number of fused-ring (bicyclic) bond motifs is 1. The Morgan fingerprint density at radius 3 is 2.30 bits per heavy atom. The summed E-state index contributed by atoms with van der Waals surface area (Å²) >= 11 is 0. The molecule has 0 saturated carbocycles. The number of amides is 1. The van der Waals surface area contributed by atoms with E-state index < -0.39 is 10.0 Å². The zero-order valence-corrected chi connectivity index (χ0v) is 16.0. The van der Waals surface area contributed by atoms with Crippen molar-refractivity contribution in [2.75, 3.05) is 18.4 Å². The Morgan fingerprint density at radius 1 is 0.963 bits per heavy atom. The molecule has 0 aliphatic carbocycles. The van der Waals surface area contributed by atoms with Crippen LogP contribution in [0, 0.1) is 0 Å². The number of nitrogens with zero attached hydrogens (tertiary/aromatic N) is 2. The maximum absolute atomic E-state index is 12.5. The highest BCUT2D eigenvalue weighted by atomic mass is 32.2. The summed E-state index contributed by atoms with van der Waals surface area (Å²) in [7, 11) is -3.51. The van der Waals surface area contributed by atoms with Gasteiger partial charge in [0.2, 0.25) is 10.0 Å². The second-order valence-electron chi connectivity index (χ2n) is 5.96. The van der Waals surface area contributed by atoms with Gasteiger partial charge in [-0.25, -0.2) is 13.4 Å². The van der Waals surface area contributed by atoms with Gasteiger partial charge >= 0.3 is 0 Å². The van der Waals surface area contributed by atoms with Crippen molar-refractivity contribution in [1.82, 2.24) is 9.29 Å². The number of pyridine rings is 1. The number of hydrogen-bond acceptors (Lipinski definition) is 4. The van der Waals surface area contributed by atoms with E-state index in [1.807, 2.05) is 30.3 Å². The van der Waals surface area contributed by atoms with E-state index in [1.54, 1.807) is 32.0 Å².